The van der Waals surface area contributed by atoms with Crippen molar-refractivity contribution in [2.45, 2.75) is 35.2 Å². The van der Waals surface area contributed by atoms with Crippen LogP contribution in [0.4, 0.5) is 26.3 Å². The average molecular weight is 537 g/mol. The SMILES string of the molecule is NCC1(S)CCN(Cc2ccccc2)CC1.O=S(=O)(O)C(F)(F)F.O=S(=O)(O)C(F)(F)F. The van der Waals surface area contributed by atoms with Crippen LogP contribution in [0.2, 0.25) is 0 Å². The number of thiol groups is 1. The van der Waals surface area contributed by atoms with Crippen molar-refractivity contribution in [1.29, 1.82) is 0 Å². The first-order valence-electron chi connectivity index (χ1n) is 8.48. The Morgan fingerprint density at radius 1 is 0.906 bits per heavy atom. The highest BCUT2D eigenvalue weighted by atomic mass is 32.2. The molecule has 1 aromatic carbocycles. The maximum absolute atomic E-state index is 10.7. The molecule has 0 amide bonds. The number of likely N-dealkylation sites (tertiary alicyclic amines) is 1. The lowest BCUT2D eigenvalue weighted by Crippen LogP contribution is -2.44. The highest BCUT2D eigenvalue weighted by Gasteiger charge is 2.45. The average Bonchev–Trinajstić information content (AvgIpc) is 2.62. The summed E-state index contributed by atoms with van der Waals surface area (Å²) >= 11 is 4.67. The van der Waals surface area contributed by atoms with Gasteiger partial charge >= 0.3 is 31.3 Å². The van der Waals surface area contributed by atoms with Gasteiger partial charge in [0.15, 0.2) is 0 Å². The Hall–Kier alpha value is -1.11. The van der Waals surface area contributed by atoms with E-state index in [-0.39, 0.29) is 4.75 Å². The molecule has 188 valence electrons. The minimum absolute atomic E-state index is 0.0766. The number of nitrogens with zero attached hydrogens (tertiary/aromatic N) is 1. The van der Waals surface area contributed by atoms with Gasteiger partial charge in [0.2, 0.25) is 0 Å². The summed E-state index contributed by atoms with van der Waals surface area (Å²) in [6.45, 7) is 3.95. The second-order valence-corrected chi connectivity index (χ2v) is 10.3. The van der Waals surface area contributed by atoms with Gasteiger partial charge in [0.25, 0.3) is 0 Å². The van der Waals surface area contributed by atoms with Crippen LogP contribution < -0.4 is 5.73 Å². The molecule has 1 fully saturated rings. The number of benzene rings is 1. The van der Waals surface area contributed by atoms with Crippen molar-refractivity contribution in [1.82, 2.24) is 4.90 Å². The molecule has 0 unspecified atom stereocenters. The molecule has 32 heavy (non-hydrogen) atoms. The molecular weight excluding hydrogens is 514 g/mol. The Bertz CT molecular complexity index is 858. The van der Waals surface area contributed by atoms with E-state index in [4.69, 9.17) is 31.7 Å². The van der Waals surface area contributed by atoms with Gasteiger partial charge < -0.3 is 5.73 Å². The van der Waals surface area contributed by atoms with Crippen LogP contribution in [-0.4, -0.2) is 66.2 Å². The quantitative estimate of drug-likeness (QED) is 0.200. The van der Waals surface area contributed by atoms with Crippen molar-refractivity contribution in [3.8, 4) is 0 Å². The highest BCUT2D eigenvalue weighted by Crippen LogP contribution is 2.28. The number of rotatable bonds is 3. The smallest absolute Gasteiger partial charge is 0.329 e. The molecule has 0 atom stereocenters. The molecule has 0 saturated carbocycles. The topological polar surface area (TPSA) is 138 Å². The van der Waals surface area contributed by atoms with Gasteiger partial charge in [0.05, 0.1) is 0 Å². The molecule has 1 heterocycles. The summed E-state index contributed by atoms with van der Waals surface area (Å²) in [5.74, 6) is 0. The van der Waals surface area contributed by atoms with E-state index in [1.165, 1.54) is 5.56 Å². The number of hydrogen-bond donors (Lipinski definition) is 4. The summed E-state index contributed by atoms with van der Waals surface area (Å²) in [5.41, 5.74) is -3.94. The van der Waals surface area contributed by atoms with Gasteiger partial charge in [0, 0.05) is 17.8 Å². The van der Waals surface area contributed by atoms with E-state index < -0.39 is 31.3 Å². The van der Waals surface area contributed by atoms with Crippen LogP contribution >= 0.6 is 12.6 Å². The van der Waals surface area contributed by atoms with Gasteiger partial charge in [-0.15, -0.1) is 0 Å². The van der Waals surface area contributed by atoms with Crippen LogP contribution in [0.3, 0.4) is 0 Å². The van der Waals surface area contributed by atoms with Crippen molar-refractivity contribution in [3.05, 3.63) is 35.9 Å². The van der Waals surface area contributed by atoms with Crippen molar-refractivity contribution < 1.29 is 52.3 Å². The molecule has 1 aromatic rings. The van der Waals surface area contributed by atoms with Crippen molar-refractivity contribution in [3.63, 3.8) is 0 Å². The van der Waals surface area contributed by atoms with Crippen LogP contribution in [0.25, 0.3) is 0 Å². The third-order valence-electron chi connectivity index (χ3n) is 4.00. The van der Waals surface area contributed by atoms with E-state index in [0.717, 1.165) is 32.5 Å². The van der Waals surface area contributed by atoms with Gasteiger partial charge in [-0.25, -0.2) is 0 Å². The molecule has 0 radical (unpaired) electrons. The summed E-state index contributed by atoms with van der Waals surface area (Å²) in [5, 5.41) is 0. The number of halogens is 6. The Balaban J connectivity index is 0.000000510. The summed E-state index contributed by atoms with van der Waals surface area (Å²) in [6, 6.07) is 10.6. The molecular formula is C15H22F6N2O6S3. The van der Waals surface area contributed by atoms with Gasteiger partial charge in [-0.2, -0.15) is 55.8 Å². The molecule has 1 aliphatic rings. The molecule has 1 saturated heterocycles. The minimum Gasteiger partial charge on any atom is -0.329 e. The normalized spacial score (nSPS) is 17.4. The number of piperidine rings is 1. The summed E-state index contributed by atoms with van der Waals surface area (Å²) < 4.78 is 115. The van der Waals surface area contributed by atoms with E-state index in [9.17, 15) is 26.3 Å². The van der Waals surface area contributed by atoms with Crippen LogP contribution in [0.5, 0.6) is 0 Å². The summed E-state index contributed by atoms with van der Waals surface area (Å²) in [6.07, 6.45) is 2.19. The second kappa shape index (κ2) is 11.8. The zero-order chi connectivity index (χ0) is 25.4. The van der Waals surface area contributed by atoms with Crippen LogP contribution in [0.1, 0.15) is 18.4 Å². The third-order valence-corrected chi connectivity index (χ3v) is 5.80. The van der Waals surface area contributed by atoms with Gasteiger partial charge in [-0.05, 0) is 31.5 Å². The lowest BCUT2D eigenvalue weighted by Gasteiger charge is -2.37. The maximum Gasteiger partial charge on any atom is 0.522 e. The molecule has 2 rings (SSSR count). The number of alkyl halides is 6. The predicted molar refractivity (Wildman–Crippen MR) is 107 cm³/mol. The molecule has 0 spiro atoms. The molecule has 1 aliphatic heterocycles. The molecule has 0 aliphatic carbocycles. The molecule has 17 heteroatoms. The largest absolute Gasteiger partial charge is 0.522 e. The third kappa shape index (κ3) is 11.7. The van der Waals surface area contributed by atoms with Gasteiger partial charge in [-0.1, -0.05) is 30.3 Å². The maximum atomic E-state index is 10.7. The fourth-order valence-corrected chi connectivity index (χ4v) is 2.37. The zero-order valence-electron chi connectivity index (χ0n) is 16.2. The van der Waals surface area contributed by atoms with E-state index in [0.29, 0.717) is 6.54 Å². The predicted octanol–water partition coefficient (Wildman–Crippen LogP) is 2.70. The Kier molecular flexibility index (Phi) is 11.4. The van der Waals surface area contributed by atoms with Crippen LogP contribution in [0.15, 0.2) is 30.3 Å². The van der Waals surface area contributed by atoms with Crippen molar-refractivity contribution >= 4 is 32.9 Å². The first-order valence-corrected chi connectivity index (χ1v) is 11.8. The van der Waals surface area contributed by atoms with E-state index >= 15 is 0 Å². The fraction of sp³-hybridized carbons (Fsp3) is 0.600. The first kappa shape index (κ1) is 30.9. The first-order chi connectivity index (χ1) is 14.2. The van der Waals surface area contributed by atoms with E-state index in [2.05, 4.69) is 47.9 Å². The van der Waals surface area contributed by atoms with Gasteiger partial charge in [-0.3, -0.25) is 14.0 Å². The van der Waals surface area contributed by atoms with E-state index in [1.807, 2.05) is 0 Å². The molecule has 0 bridgehead atoms. The Morgan fingerprint density at radius 2 is 1.25 bits per heavy atom. The minimum atomic E-state index is -5.84. The van der Waals surface area contributed by atoms with Crippen LogP contribution in [-0.2, 0) is 26.8 Å². The Morgan fingerprint density at radius 3 is 1.53 bits per heavy atom. The highest BCUT2D eigenvalue weighted by molar-refractivity contribution is 7.86. The standard InChI is InChI=1S/C13H20N2S.2CHF3O3S/c14-11-13(16)6-8-15(9-7-13)10-12-4-2-1-3-5-12;2*2-1(3,4)8(5,6)7/h1-5,16H,6-11,14H2;2*(H,5,6,7). The second-order valence-electron chi connectivity index (χ2n) is 6.53. The lowest BCUT2D eigenvalue weighted by atomic mass is 9.95. The van der Waals surface area contributed by atoms with Crippen molar-refractivity contribution in [2.75, 3.05) is 19.6 Å². The van der Waals surface area contributed by atoms with Crippen molar-refractivity contribution in [2.24, 2.45) is 5.73 Å². The van der Waals surface area contributed by atoms with Crippen LogP contribution in [0, 0.1) is 0 Å². The summed E-state index contributed by atoms with van der Waals surface area (Å²) in [4.78, 5) is 2.49. The number of hydrogen-bond acceptors (Lipinski definition) is 7. The zero-order valence-corrected chi connectivity index (χ0v) is 18.7. The fourth-order valence-electron chi connectivity index (χ4n) is 2.17. The molecule has 8 nitrogen and oxygen atoms in total. The Labute approximate surface area is 186 Å². The van der Waals surface area contributed by atoms with Gasteiger partial charge in [0.1, 0.15) is 0 Å². The molecule has 0 aromatic heterocycles. The molecule has 4 N–H and O–H groups in total. The monoisotopic (exact) mass is 536 g/mol. The summed E-state index contributed by atoms with van der Waals surface area (Å²) in [7, 11) is -11.7. The lowest BCUT2D eigenvalue weighted by molar-refractivity contribution is -0.0514. The van der Waals surface area contributed by atoms with E-state index in [1.54, 1.807) is 0 Å². The number of nitrogens with two attached hydrogens (primary N) is 1.